The Morgan fingerprint density at radius 2 is 2.12 bits per heavy atom. The van der Waals surface area contributed by atoms with Crippen molar-refractivity contribution < 1.29 is 4.79 Å². The molecule has 1 atom stereocenters. The lowest BCUT2D eigenvalue weighted by Crippen LogP contribution is -2.39. The quantitative estimate of drug-likeness (QED) is 0.692. The molecule has 0 radical (unpaired) electrons. The number of carbonyl (C=O) groups is 1. The molecule has 0 bridgehead atoms. The summed E-state index contributed by atoms with van der Waals surface area (Å²) in [6.07, 6.45) is 8.97. The maximum absolute atomic E-state index is 11.5. The van der Waals surface area contributed by atoms with Crippen molar-refractivity contribution in [2.75, 3.05) is 39.3 Å². The standard InChI is InChI=1S/C13H21N3O/c1-2-6-14-13(17)11-15-9-5-12(10-15)16-7-3-4-8-16/h1,12H,3-11H2,(H,14,17). The summed E-state index contributed by atoms with van der Waals surface area (Å²) in [6, 6.07) is 0.665. The zero-order chi connectivity index (χ0) is 12.1. The average Bonchev–Trinajstić information content (AvgIpc) is 2.95. The molecule has 0 aromatic carbocycles. The van der Waals surface area contributed by atoms with E-state index >= 15 is 0 Å². The highest BCUT2D eigenvalue weighted by atomic mass is 16.2. The Kier molecular flexibility index (Phi) is 4.41. The zero-order valence-corrected chi connectivity index (χ0v) is 10.3. The molecular formula is C13H21N3O. The number of nitrogens with one attached hydrogen (secondary N) is 1. The molecule has 2 fully saturated rings. The van der Waals surface area contributed by atoms with Crippen LogP contribution in [0.25, 0.3) is 0 Å². The van der Waals surface area contributed by atoms with E-state index < -0.39 is 0 Å². The third-order valence-corrected chi connectivity index (χ3v) is 3.66. The van der Waals surface area contributed by atoms with E-state index in [4.69, 9.17) is 6.42 Å². The van der Waals surface area contributed by atoms with Crippen LogP contribution in [0.4, 0.5) is 0 Å². The first-order valence-corrected chi connectivity index (χ1v) is 6.46. The SMILES string of the molecule is C#CCNC(=O)CN1CCC(N2CCCC2)C1. The minimum absolute atomic E-state index is 0.0463. The Labute approximate surface area is 103 Å². The van der Waals surface area contributed by atoms with Crippen LogP contribution in [0.3, 0.4) is 0 Å². The molecule has 0 spiro atoms. The molecule has 1 amide bonds. The summed E-state index contributed by atoms with van der Waals surface area (Å²) in [7, 11) is 0. The van der Waals surface area contributed by atoms with Gasteiger partial charge < -0.3 is 5.32 Å². The highest BCUT2D eigenvalue weighted by Gasteiger charge is 2.29. The number of carbonyl (C=O) groups excluding carboxylic acids is 1. The number of likely N-dealkylation sites (tertiary alicyclic amines) is 2. The lowest BCUT2D eigenvalue weighted by Gasteiger charge is -2.23. The first-order chi connectivity index (χ1) is 8.29. The fourth-order valence-electron chi connectivity index (χ4n) is 2.77. The normalized spacial score (nSPS) is 25.9. The molecule has 0 saturated carbocycles. The zero-order valence-electron chi connectivity index (χ0n) is 10.3. The molecule has 2 heterocycles. The van der Waals surface area contributed by atoms with Crippen LogP contribution >= 0.6 is 0 Å². The van der Waals surface area contributed by atoms with E-state index in [1.54, 1.807) is 0 Å². The topological polar surface area (TPSA) is 35.6 Å². The van der Waals surface area contributed by atoms with Gasteiger partial charge in [0, 0.05) is 19.1 Å². The van der Waals surface area contributed by atoms with Crippen LogP contribution in [-0.4, -0.2) is 61.0 Å². The van der Waals surface area contributed by atoms with E-state index in [2.05, 4.69) is 21.0 Å². The minimum atomic E-state index is 0.0463. The molecule has 2 aliphatic heterocycles. The lowest BCUT2D eigenvalue weighted by molar-refractivity contribution is -0.121. The van der Waals surface area contributed by atoms with Crippen molar-refractivity contribution >= 4 is 5.91 Å². The van der Waals surface area contributed by atoms with Gasteiger partial charge in [0.15, 0.2) is 0 Å². The van der Waals surface area contributed by atoms with Crippen LogP contribution < -0.4 is 5.32 Å². The second kappa shape index (κ2) is 6.04. The largest absolute Gasteiger partial charge is 0.344 e. The summed E-state index contributed by atoms with van der Waals surface area (Å²) in [4.78, 5) is 16.3. The number of hydrogen-bond donors (Lipinski definition) is 1. The molecule has 2 rings (SSSR count). The van der Waals surface area contributed by atoms with Crippen molar-refractivity contribution in [3.63, 3.8) is 0 Å². The monoisotopic (exact) mass is 235 g/mol. The first kappa shape index (κ1) is 12.4. The van der Waals surface area contributed by atoms with E-state index in [0.717, 1.165) is 13.1 Å². The smallest absolute Gasteiger partial charge is 0.234 e. The summed E-state index contributed by atoms with van der Waals surface area (Å²) in [5, 5.41) is 2.71. The second-order valence-electron chi connectivity index (χ2n) is 4.90. The molecule has 0 aliphatic carbocycles. The van der Waals surface area contributed by atoms with Crippen molar-refractivity contribution in [1.29, 1.82) is 0 Å². The molecule has 17 heavy (non-hydrogen) atoms. The predicted octanol–water partition coefficient (Wildman–Crippen LogP) is -0.0941. The van der Waals surface area contributed by atoms with Gasteiger partial charge in [-0.1, -0.05) is 5.92 Å². The van der Waals surface area contributed by atoms with Gasteiger partial charge in [-0.05, 0) is 32.4 Å². The van der Waals surface area contributed by atoms with E-state index in [1.165, 1.54) is 32.4 Å². The van der Waals surface area contributed by atoms with Crippen LogP contribution in [0.2, 0.25) is 0 Å². The van der Waals surface area contributed by atoms with E-state index in [-0.39, 0.29) is 5.91 Å². The van der Waals surface area contributed by atoms with Crippen molar-refractivity contribution in [1.82, 2.24) is 15.1 Å². The van der Waals surface area contributed by atoms with Crippen LogP contribution in [0.1, 0.15) is 19.3 Å². The van der Waals surface area contributed by atoms with E-state index in [1.807, 2.05) is 0 Å². The third kappa shape index (κ3) is 3.45. The van der Waals surface area contributed by atoms with Gasteiger partial charge in [-0.3, -0.25) is 14.6 Å². The molecule has 0 aromatic heterocycles. The highest BCUT2D eigenvalue weighted by Crippen LogP contribution is 2.19. The van der Waals surface area contributed by atoms with Gasteiger partial charge in [-0.2, -0.15) is 0 Å². The van der Waals surface area contributed by atoms with Crippen LogP contribution in [0.5, 0.6) is 0 Å². The Hall–Kier alpha value is -1.05. The van der Waals surface area contributed by atoms with Gasteiger partial charge in [-0.25, -0.2) is 0 Å². The fourth-order valence-corrected chi connectivity index (χ4v) is 2.77. The van der Waals surface area contributed by atoms with E-state index in [0.29, 0.717) is 19.1 Å². The Morgan fingerprint density at radius 1 is 1.35 bits per heavy atom. The highest BCUT2D eigenvalue weighted by molar-refractivity contribution is 5.78. The Morgan fingerprint density at radius 3 is 2.82 bits per heavy atom. The van der Waals surface area contributed by atoms with Gasteiger partial charge in [-0.15, -0.1) is 6.42 Å². The number of terminal acetylenes is 1. The third-order valence-electron chi connectivity index (χ3n) is 3.66. The molecule has 2 saturated heterocycles. The fraction of sp³-hybridized carbons (Fsp3) is 0.769. The molecule has 94 valence electrons. The van der Waals surface area contributed by atoms with Gasteiger partial charge in [0.1, 0.15) is 0 Å². The Balaban J connectivity index is 1.70. The summed E-state index contributed by atoms with van der Waals surface area (Å²) >= 11 is 0. The van der Waals surface area contributed by atoms with Crippen LogP contribution in [-0.2, 0) is 4.79 Å². The molecular weight excluding hydrogens is 214 g/mol. The molecule has 1 unspecified atom stereocenters. The average molecular weight is 235 g/mol. The van der Waals surface area contributed by atoms with Crippen LogP contribution in [0, 0.1) is 12.3 Å². The first-order valence-electron chi connectivity index (χ1n) is 6.46. The van der Waals surface area contributed by atoms with E-state index in [9.17, 15) is 4.79 Å². The van der Waals surface area contributed by atoms with Crippen molar-refractivity contribution in [2.45, 2.75) is 25.3 Å². The molecule has 2 aliphatic rings. The molecule has 0 aromatic rings. The summed E-state index contributed by atoms with van der Waals surface area (Å²) < 4.78 is 0. The van der Waals surface area contributed by atoms with Crippen molar-refractivity contribution in [2.24, 2.45) is 0 Å². The predicted molar refractivity (Wildman–Crippen MR) is 67.5 cm³/mol. The molecule has 4 nitrogen and oxygen atoms in total. The van der Waals surface area contributed by atoms with Gasteiger partial charge >= 0.3 is 0 Å². The number of rotatable bonds is 4. The number of nitrogens with zero attached hydrogens (tertiary/aromatic N) is 2. The van der Waals surface area contributed by atoms with Crippen LogP contribution in [0.15, 0.2) is 0 Å². The summed E-state index contributed by atoms with van der Waals surface area (Å²) in [6.45, 7) is 5.37. The van der Waals surface area contributed by atoms with Gasteiger partial charge in [0.2, 0.25) is 5.91 Å². The van der Waals surface area contributed by atoms with Gasteiger partial charge in [0.25, 0.3) is 0 Å². The number of amides is 1. The van der Waals surface area contributed by atoms with Gasteiger partial charge in [0.05, 0.1) is 13.1 Å². The van der Waals surface area contributed by atoms with Crippen molar-refractivity contribution in [3.05, 3.63) is 0 Å². The molecule has 1 N–H and O–H groups in total. The molecule has 4 heteroatoms. The second-order valence-corrected chi connectivity index (χ2v) is 4.90. The lowest BCUT2D eigenvalue weighted by atomic mass is 10.2. The maximum Gasteiger partial charge on any atom is 0.234 e. The minimum Gasteiger partial charge on any atom is -0.344 e. The Bertz CT molecular complexity index is 304. The van der Waals surface area contributed by atoms with Crippen molar-refractivity contribution in [3.8, 4) is 12.3 Å². The number of hydrogen-bond acceptors (Lipinski definition) is 3. The summed E-state index contributed by atoms with van der Waals surface area (Å²) in [5.41, 5.74) is 0. The maximum atomic E-state index is 11.5. The summed E-state index contributed by atoms with van der Waals surface area (Å²) in [5.74, 6) is 2.46.